The van der Waals surface area contributed by atoms with Gasteiger partial charge < -0.3 is 24.8 Å². The summed E-state index contributed by atoms with van der Waals surface area (Å²) in [6.45, 7) is 11.0. The van der Waals surface area contributed by atoms with E-state index >= 15 is 0 Å². The fraction of sp³-hybridized carbons (Fsp3) is 0.383. The van der Waals surface area contributed by atoms with Crippen LogP contribution in [0.5, 0.6) is 5.75 Å². The lowest BCUT2D eigenvalue weighted by molar-refractivity contribution is -0.131. The Morgan fingerprint density at radius 2 is 1.68 bits per heavy atom. The number of nitrogens with one attached hydrogen (secondary N) is 3. The van der Waals surface area contributed by atoms with E-state index < -0.39 is 23.8 Å². The number of fused-ring (bicyclic) bond motifs is 2. The Bertz CT molecular complexity index is 2640. The van der Waals surface area contributed by atoms with E-state index in [4.69, 9.17) is 27.9 Å². The van der Waals surface area contributed by atoms with Crippen LogP contribution in [0.3, 0.4) is 0 Å². The lowest BCUT2D eigenvalue weighted by atomic mass is 9.73. The molecule has 9 rings (SSSR count). The molecule has 4 aliphatic heterocycles. The second-order valence-corrected chi connectivity index (χ2v) is 18.2. The minimum absolute atomic E-state index is 0.00929. The van der Waals surface area contributed by atoms with Crippen LogP contribution in [0.15, 0.2) is 67.1 Å². The second kappa shape index (κ2) is 19.5. The summed E-state index contributed by atoms with van der Waals surface area (Å²) in [6.07, 6.45) is 8.56. The number of amides is 6. The molecule has 4 aliphatic rings. The summed E-state index contributed by atoms with van der Waals surface area (Å²) < 4.78 is 6.17. The van der Waals surface area contributed by atoms with Gasteiger partial charge in [0.05, 0.1) is 33.2 Å². The Balaban J connectivity index is 0.000000181. The van der Waals surface area contributed by atoms with Crippen LogP contribution in [0.2, 0.25) is 10.0 Å². The van der Waals surface area contributed by atoms with Crippen LogP contribution in [-0.2, 0) is 19.2 Å². The number of hydrogen-bond donors (Lipinski definition) is 3. The summed E-state index contributed by atoms with van der Waals surface area (Å²) in [5.74, 6) is 0.398. The van der Waals surface area contributed by atoms with Gasteiger partial charge in [-0.05, 0) is 80.6 Å². The third-order valence-corrected chi connectivity index (χ3v) is 13.2. The van der Waals surface area contributed by atoms with Crippen LogP contribution < -0.4 is 20.3 Å². The van der Waals surface area contributed by atoms with Crippen molar-refractivity contribution in [3.8, 4) is 17.0 Å². The number of carbonyl (C=O) groups is 6. The van der Waals surface area contributed by atoms with Gasteiger partial charge in [-0.2, -0.15) is 5.10 Å². The molecule has 0 saturated carbocycles. The smallest absolute Gasteiger partial charge is 0.262 e. The monoisotopic (exact) mass is 936 g/mol. The van der Waals surface area contributed by atoms with Crippen molar-refractivity contribution in [3.63, 3.8) is 0 Å². The Hall–Kier alpha value is -6.59. The summed E-state index contributed by atoms with van der Waals surface area (Å²) in [7, 11) is 0. The predicted molar refractivity (Wildman–Crippen MR) is 248 cm³/mol. The SMILES string of the molecule is CCCC(C(=O)NC=O)N1C(=O)c2ccc(NCC(=O)N3CCC(C)CC3)cc2C1=O.C[C@@H](Oc1ccc2[nH]nc(-c3ccc(N4CC5(CN(C=O)C5)C4)nc3)c2c1)c1c(Cl)cncc1Cl. The van der Waals surface area contributed by atoms with Crippen molar-refractivity contribution in [2.45, 2.75) is 58.6 Å². The molecule has 2 aromatic carbocycles. The number of likely N-dealkylation sites (tertiary alicyclic amines) is 2. The average molecular weight is 938 g/mol. The van der Waals surface area contributed by atoms with Crippen molar-refractivity contribution in [3.05, 3.63) is 93.9 Å². The number of halogens is 2. The maximum atomic E-state index is 12.9. The van der Waals surface area contributed by atoms with Crippen LogP contribution in [0, 0.1) is 11.3 Å². The van der Waals surface area contributed by atoms with Crippen molar-refractivity contribution in [2.75, 3.05) is 56.0 Å². The molecule has 5 aromatic rings. The van der Waals surface area contributed by atoms with Gasteiger partial charge in [0.15, 0.2) is 0 Å². The standard InChI is InChI=1S/C25H22Cl2N6O2.C22H28N4O5/c1-15(23-19(26)8-28-9-20(23)27)35-17-3-4-21-18(6-17)24(31-30-21)16-2-5-22(29-7-16)33-12-25(13-33)10-32(11-25)14-34;1-3-4-18(20(29)24-13-27)26-21(30)16-6-5-15(11-17(16)22(26)31)23-12-19(28)25-9-7-14(2)8-10-25/h2-9,14-15H,10-13H2,1H3,(H,30,31);5-6,11,13-14,18,23H,3-4,7-10,12H2,1-2H3,(H,24,27,29)/t15-;/m1./s1. The van der Waals surface area contributed by atoms with Gasteiger partial charge in [0, 0.05) is 85.5 Å². The number of hydrogen-bond acceptors (Lipinski definition) is 12. The molecule has 19 heteroatoms. The number of anilines is 2. The molecule has 7 heterocycles. The minimum Gasteiger partial charge on any atom is -0.486 e. The van der Waals surface area contributed by atoms with Crippen molar-refractivity contribution in [1.29, 1.82) is 0 Å². The summed E-state index contributed by atoms with van der Waals surface area (Å²) in [5.41, 5.74) is 4.49. The molecule has 17 nitrogen and oxygen atoms in total. The Morgan fingerprint density at radius 3 is 2.35 bits per heavy atom. The first-order chi connectivity index (χ1) is 31.8. The van der Waals surface area contributed by atoms with E-state index in [1.54, 1.807) is 18.5 Å². The van der Waals surface area contributed by atoms with E-state index in [-0.39, 0.29) is 47.9 Å². The highest BCUT2D eigenvalue weighted by molar-refractivity contribution is 6.35. The molecule has 2 atom stereocenters. The van der Waals surface area contributed by atoms with Gasteiger partial charge in [-0.1, -0.05) is 43.5 Å². The number of rotatable bonds is 14. The number of imide groups is 2. The largest absolute Gasteiger partial charge is 0.486 e. The van der Waals surface area contributed by atoms with E-state index in [1.807, 2.05) is 65.5 Å². The zero-order chi connectivity index (χ0) is 46.7. The molecular formula is C47H50Cl2N10O7. The molecule has 0 radical (unpaired) electrons. The Labute approximate surface area is 391 Å². The lowest BCUT2D eigenvalue weighted by Crippen LogP contribution is -2.72. The van der Waals surface area contributed by atoms with Crippen molar-refractivity contribution < 1.29 is 33.5 Å². The summed E-state index contributed by atoms with van der Waals surface area (Å²) >= 11 is 12.6. The van der Waals surface area contributed by atoms with Gasteiger partial charge >= 0.3 is 0 Å². The molecule has 3 aromatic heterocycles. The number of aromatic nitrogens is 4. The van der Waals surface area contributed by atoms with Gasteiger partial charge in [-0.15, -0.1) is 0 Å². The molecule has 344 valence electrons. The highest BCUT2D eigenvalue weighted by Crippen LogP contribution is 2.41. The maximum Gasteiger partial charge on any atom is 0.262 e. The molecule has 3 fully saturated rings. The lowest BCUT2D eigenvalue weighted by Gasteiger charge is -2.59. The molecule has 3 N–H and O–H groups in total. The fourth-order valence-corrected chi connectivity index (χ4v) is 9.76. The number of pyridine rings is 2. The zero-order valence-electron chi connectivity index (χ0n) is 36.8. The highest BCUT2D eigenvalue weighted by atomic mass is 35.5. The number of aromatic amines is 1. The Kier molecular flexibility index (Phi) is 13.6. The first-order valence-electron chi connectivity index (χ1n) is 21.9. The normalized spacial score (nSPS) is 17.3. The van der Waals surface area contributed by atoms with Crippen LogP contribution in [0.1, 0.15) is 78.8 Å². The van der Waals surface area contributed by atoms with E-state index in [0.29, 0.717) is 39.4 Å². The zero-order valence-corrected chi connectivity index (χ0v) is 38.3. The molecule has 1 spiro atoms. The molecule has 1 unspecified atom stereocenters. The van der Waals surface area contributed by atoms with Gasteiger partial charge in [0.2, 0.25) is 24.6 Å². The molecule has 0 bridgehead atoms. The third kappa shape index (κ3) is 9.40. The highest BCUT2D eigenvalue weighted by Gasteiger charge is 2.52. The Morgan fingerprint density at radius 1 is 0.955 bits per heavy atom. The summed E-state index contributed by atoms with van der Waals surface area (Å²) in [5, 5.41) is 14.5. The molecular weight excluding hydrogens is 887 g/mol. The second-order valence-electron chi connectivity index (χ2n) is 17.4. The first-order valence-corrected chi connectivity index (χ1v) is 22.7. The van der Waals surface area contributed by atoms with Gasteiger partial charge in [0.1, 0.15) is 29.4 Å². The van der Waals surface area contributed by atoms with Crippen LogP contribution >= 0.6 is 23.2 Å². The molecule has 66 heavy (non-hydrogen) atoms. The third-order valence-electron chi connectivity index (χ3n) is 12.6. The number of nitrogens with zero attached hydrogens (tertiary/aromatic N) is 7. The topological polar surface area (TPSA) is 203 Å². The van der Waals surface area contributed by atoms with Crippen LogP contribution in [0.25, 0.3) is 22.2 Å². The average Bonchev–Trinajstić information content (AvgIpc) is 3.81. The maximum absolute atomic E-state index is 12.9. The van der Waals surface area contributed by atoms with Crippen molar-refractivity contribution >= 4 is 82.1 Å². The quantitative estimate of drug-likeness (QED) is 0.0850. The predicted octanol–water partition coefficient (Wildman–Crippen LogP) is 6.14. The van der Waals surface area contributed by atoms with Gasteiger partial charge in [-0.3, -0.25) is 49.1 Å². The van der Waals surface area contributed by atoms with Crippen LogP contribution in [-0.4, -0.2) is 123 Å². The number of H-pyrrole nitrogens is 1. The minimum atomic E-state index is -1.05. The molecule has 6 amide bonds. The van der Waals surface area contributed by atoms with E-state index in [0.717, 1.165) is 91.4 Å². The fourth-order valence-electron chi connectivity index (χ4n) is 9.09. The summed E-state index contributed by atoms with van der Waals surface area (Å²) in [6, 6.07) is 13.5. The number of benzene rings is 2. The number of piperidine rings is 1. The number of ether oxygens (including phenoxy) is 1. The van der Waals surface area contributed by atoms with Gasteiger partial charge in [-0.25, -0.2) is 4.98 Å². The molecule has 3 saturated heterocycles. The number of carbonyl (C=O) groups excluding carboxylic acids is 6. The summed E-state index contributed by atoms with van der Waals surface area (Å²) in [4.78, 5) is 87.4. The van der Waals surface area contributed by atoms with Crippen molar-refractivity contribution in [2.24, 2.45) is 11.3 Å². The van der Waals surface area contributed by atoms with Crippen molar-refractivity contribution in [1.82, 2.24) is 40.2 Å². The van der Waals surface area contributed by atoms with E-state index in [1.165, 1.54) is 12.1 Å². The van der Waals surface area contributed by atoms with Gasteiger partial charge in [0.25, 0.3) is 11.8 Å². The van der Waals surface area contributed by atoms with E-state index in [9.17, 15) is 28.8 Å². The van der Waals surface area contributed by atoms with E-state index in [2.05, 4.69) is 37.3 Å². The van der Waals surface area contributed by atoms with Crippen LogP contribution in [0.4, 0.5) is 11.5 Å². The first kappa shape index (κ1) is 46.0. The molecule has 0 aliphatic carbocycles.